The van der Waals surface area contributed by atoms with Crippen LogP contribution in [0.4, 0.5) is 17.1 Å². The van der Waals surface area contributed by atoms with Crippen LogP contribution in [0.25, 0.3) is 97.4 Å². The molecule has 0 amide bonds. The number of aromatic nitrogens is 2. The number of unbranched alkanes of at least 4 members (excludes halogenated alkanes) is 1. The van der Waals surface area contributed by atoms with Crippen LogP contribution < -0.4 is 21.3 Å². The topological polar surface area (TPSA) is 13.1 Å². The largest absolute Gasteiger partial charge is 0.310 e. The molecule has 3 nitrogen and oxygen atoms in total. The molecule has 382 valence electrons. The molecular formula is C74H56BN3S2. The van der Waals surface area contributed by atoms with Crippen molar-refractivity contribution in [2.24, 2.45) is 0 Å². The maximum absolute atomic E-state index is 2.75. The lowest BCUT2D eigenvalue weighted by atomic mass is 9.34. The van der Waals surface area contributed by atoms with E-state index in [-0.39, 0.29) is 12.1 Å². The molecule has 0 aliphatic carbocycles. The van der Waals surface area contributed by atoms with Crippen molar-refractivity contribution < 1.29 is 0 Å². The molecule has 80 heavy (non-hydrogen) atoms. The Bertz CT molecular complexity index is 4850. The van der Waals surface area contributed by atoms with Crippen LogP contribution in [0.2, 0.25) is 0 Å². The van der Waals surface area contributed by atoms with Gasteiger partial charge in [0.2, 0.25) is 6.71 Å². The monoisotopic (exact) mass is 1060 g/mol. The molecule has 0 spiro atoms. The fourth-order valence-corrected chi connectivity index (χ4v) is 15.8. The van der Waals surface area contributed by atoms with E-state index in [9.17, 15) is 0 Å². The van der Waals surface area contributed by atoms with Gasteiger partial charge in [-0.05, 0) is 147 Å². The molecule has 0 saturated heterocycles. The van der Waals surface area contributed by atoms with Crippen molar-refractivity contribution >= 4 is 127 Å². The molecule has 6 heteroatoms. The highest BCUT2D eigenvalue weighted by Crippen LogP contribution is 2.51. The highest BCUT2D eigenvalue weighted by atomic mass is 32.2. The van der Waals surface area contributed by atoms with E-state index in [0.717, 1.165) is 24.9 Å². The fourth-order valence-electron chi connectivity index (χ4n) is 13.5. The predicted octanol–water partition coefficient (Wildman–Crippen LogP) is 19.0. The zero-order chi connectivity index (χ0) is 53.4. The van der Waals surface area contributed by atoms with Gasteiger partial charge in [-0.2, -0.15) is 0 Å². The minimum absolute atomic E-state index is 0.00436. The summed E-state index contributed by atoms with van der Waals surface area (Å²) in [5.74, 6) is 0. The first-order valence-corrected chi connectivity index (χ1v) is 30.0. The minimum atomic E-state index is -0.118. The molecular weight excluding hydrogens is 1010 g/mol. The molecule has 2 aliphatic heterocycles. The van der Waals surface area contributed by atoms with E-state index < -0.39 is 0 Å². The molecule has 0 atom stereocenters. The van der Waals surface area contributed by atoms with Gasteiger partial charge in [-0.15, -0.1) is 11.3 Å². The molecule has 0 bridgehead atoms. The number of thiophene rings is 1. The number of hydrogen-bond acceptors (Lipinski definition) is 3. The van der Waals surface area contributed by atoms with E-state index in [0.29, 0.717) is 0 Å². The number of aryl methyl sites for hydroxylation is 1. The lowest BCUT2D eigenvalue weighted by Crippen LogP contribution is -2.60. The molecule has 5 heterocycles. The number of para-hydroxylation sites is 2. The molecule has 16 rings (SSSR count). The number of hydrogen-bond donors (Lipinski definition) is 0. The molecule has 0 unspecified atom stereocenters. The summed E-state index contributed by atoms with van der Waals surface area (Å²) in [6.45, 7) is 9.47. The average molecular weight is 1060 g/mol. The first-order chi connectivity index (χ1) is 39.3. The van der Waals surface area contributed by atoms with Gasteiger partial charge in [-0.25, -0.2) is 0 Å². The second-order valence-electron chi connectivity index (χ2n) is 23.0. The summed E-state index contributed by atoms with van der Waals surface area (Å²) in [4.78, 5) is 5.39. The van der Waals surface area contributed by atoms with Crippen molar-refractivity contribution in [1.82, 2.24) is 9.13 Å². The summed E-state index contributed by atoms with van der Waals surface area (Å²) in [5.41, 5.74) is 22.6. The summed E-state index contributed by atoms with van der Waals surface area (Å²) in [6.07, 6.45) is 3.23. The van der Waals surface area contributed by atoms with Crippen LogP contribution in [0.5, 0.6) is 0 Å². The summed E-state index contributed by atoms with van der Waals surface area (Å²) in [5, 5.41) is 7.72. The first-order valence-electron chi connectivity index (χ1n) is 28.3. The van der Waals surface area contributed by atoms with Crippen LogP contribution in [0.15, 0.2) is 240 Å². The Balaban J connectivity index is 0.963. The molecule has 0 saturated carbocycles. The molecule has 3 aromatic heterocycles. The Morgan fingerprint density at radius 3 is 1.65 bits per heavy atom. The van der Waals surface area contributed by atoms with Gasteiger partial charge in [0.05, 0.1) is 27.8 Å². The van der Waals surface area contributed by atoms with Gasteiger partial charge in [-0.3, -0.25) is 0 Å². The number of fused-ring (bicyclic) bond motifs is 13. The summed E-state index contributed by atoms with van der Waals surface area (Å²) >= 11 is 3.88. The van der Waals surface area contributed by atoms with Gasteiger partial charge >= 0.3 is 0 Å². The van der Waals surface area contributed by atoms with Crippen molar-refractivity contribution in [2.75, 3.05) is 4.90 Å². The average Bonchev–Trinajstić information content (AvgIpc) is 4.30. The second-order valence-corrected chi connectivity index (χ2v) is 25.2. The van der Waals surface area contributed by atoms with Gasteiger partial charge < -0.3 is 14.0 Å². The second kappa shape index (κ2) is 18.3. The van der Waals surface area contributed by atoms with E-state index in [1.807, 2.05) is 23.1 Å². The summed E-state index contributed by atoms with van der Waals surface area (Å²) in [7, 11) is 0. The molecule has 0 radical (unpaired) electrons. The summed E-state index contributed by atoms with van der Waals surface area (Å²) in [6, 6.07) is 87.4. The number of anilines is 3. The van der Waals surface area contributed by atoms with Crippen LogP contribution in [0, 0.1) is 0 Å². The lowest BCUT2D eigenvalue weighted by molar-refractivity contribution is 0.589. The number of nitrogens with zero attached hydrogens (tertiary/aromatic N) is 3. The van der Waals surface area contributed by atoms with E-state index in [4.69, 9.17) is 0 Å². The summed E-state index contributed by atoms with van der Waals surface area (Å²) < 4.78 is 7.67. The molecule has 0 N–H and O–H groups in total. The smallest absolute Gasteiger partial charge is 0.249 e. The third kappa shape index (κ3) is 7.28. The van der Waals surface area contributed by atoms with Crippen molar-refractivity contribution in [1.29, 1.82) is 0 Å². The number of rotatable bonds is 8. The molecule has 11 aromatic carbocycles. The Hall–Kier alpha value is -8.55. The maximum atomic E-state index is 2.75. The highest BCUT2D eigenvalue weighted by Gasteiger charge is 2.43. The third-order valence-corrected chi connectivity index (χ3v) is 19.6. The van der Waals surface area contributed by atoms with Crippen LogP contribution in [0.1, 0.15) is 51.7 Å². The van der Waals surface area contributed by atoms with Crippen LogP contribution in [-0.4, -0.2) is 15.8 Å². The van der Waals surface area contributed by atoms with Gasteiger partial charge in [0.1, 0.15) is 0 Å². The molecule has 2 aliphatic rings. The first kappa shape index (κ1) is 47.5. The highest BCUT2D eigenvalue weighted by molar-refractivity contribution is 8.00. The van der Waals surface area contributed by atoms with Crippen LogP contribution >= 0.6 is 23.1 Å². The zero-order valence-electron chi connectivity index (χ0n) is 45.3. The Kier molecular flexibility index (Phi) is 10.8. The van der Waals surface area contributed by atoms with Gasteiger partial charge in [0, 0.05) is 74.3 Å². The van der Waals surface area contributed by atoms with E-state index in [2.05, 4.69) is 272 Å². The lowest BCUT2D eigenvalue weighted by Gasteiger charge is -2.42. The number of benzene rings is 11. The Labute approximate surface area is 475 Å². The van der Waals surface area contributed by atoms with Crippen molar-refractivity contribution in [3.8, 4) is 33.6 Å². The Morgan fingerprint density at radius 2 is 1.01 bits per heavy atom. The zero-order valence-corrected chi connectivity index (χ0v) is 46.9. The van der Waals surface area contributed by atoms with Gasteiger partial charge in [-0.1, -0.05) is 197 Å². The van der Waals surface area contributed by atoms with Crippen LogP contribution in [-0.2, 0) is 11.8 Å². The fraction of sp³-hybridized carbons (Fsp3) is 0.108. The quantitative estimate of drug-likeness (QED) is 0.141. The minimum Gasteiger partial charge on any atom is -0.310 e. The normalized spacial score (nSPS) is 13.1. The van der Waals surface area contributed by atoms with Crippen molar-refractivity contribution in [3.05, 3.63) is 242 Å². The molecule has 0 fully saturated rings. The standard InChI is InChI=1S/C74H56BN3S2/c1-5-6-19-48-32-39-68-71(56-26-15-18-29-67(56)79-68)73(48)78-65-44-52(76-61-27-16-13-24-54(61)57-40-49(30-37-63(57)76)46-20-9-7-10-21-46)33-35-59(65)75-60-36-34-53(45-69(60)80-70-43-51(74(2,3)4)42-66(78)72(70)75)77-62-28-17-14-25-55(62)58-41-50(31-38-64(58)77)47-22-11-8-12-23-47/h7-18,20-45H,5-6,19H2,1-4H3. The Morgan fingerprint density at radius 1 is 0.438 bits per heavy atom. The van der Waals surface area contributed by atoms with E-state index in [1.165, 1.54) is 146 Å². The van der Waals surface area contributed by atoms with Gasteiger partial charge in [0.15, 0.2) is 0 Å². The van der Waals surface area contributed by atoms with E-state index in [1.54, 1.807) is 0 Å². The van der Waals surface area contributed by atoms with Crippen LogP contribution in [0.3, 0.4) is 0 Å². The predicted molar refractivity (Wildman–Crippen MR) is 346 cm³/mol. The SMILES string of the molecule is CCCCc1ccc2sc3ccccc3c2c1N1c2cc(-n3c4ccccc4c4cc(-c5ccccc5)ccc43)ccc2B2c3ccc(-n4c5ccccc5c5cc(-c6ccccc6)ccc54)cc3Sc3cc(C(C)(C)C)cc1c32. The third-order valence-electron chi connectivity index (χ3n) is 17.3. The van der Waals surface area contributed by atoms with E-state index >= 15 is 0 Å². The van der Waals surface area contributed by atoms with Crippen molar-refractivity contribution in [3.63, 3.8) is 0 Å². The maximum Gasteiger partial charge on any atom is 0.249 e. The van der Waals surface area contributed by atoms with Crippen molar-refractivity contribution in [2.45, 2.75) is 62.2 Å². The van der Waals surface area contributed by atoms with Gasteiger partial charge in [0.25, 0.3) is 0 Å². The molecule has 14 aromatic rings.